The predicted octanol–water partition coefficient (Wildman–Crippen LogP) is 4.03. The van der Waals surface area contributed by atoms with E-state index in [4.69, 9.17) is 9.73 Å². The number of benzene rings is 2. The van der Waals surface area contributed by atoms with Gasteiger partial charge in [0.2, 0.25) is 0 Å². The van der Waals surface area contributed by atoms with Gasteiger partial charge in [0.1, 0.15) is 5.82 Å². The fraction of sp³-hybridized carbons (Fsp3) is 0.207. The minimum absolute atomic E-state index is 0.164. The lowest BCUT2D eigenvalue weighted by molar-refractivity contribution is -0.138. The Hall–Kier alpha value is -4.04. The molecule has 188 valence electrons. The van der Waals surface area contributed by atoms with Crippen molar-refractivity contribution >= 4 is 29.1 Å². The normalized spacial score (nSPS) is 15.5. The smallest absolute Gasteiger partial charge is 0.338 e. The number of thiazole rings is 1. The molecular formula is C29H26FN3O3S. The van der Waals surface area contributed by atoms with Crippen LogP contribution in [0.15, 0.2) is 76.0 Å². The van der Waals surface area contributed by atoms with Crippen LogP contribution >= 0.6 is 11.3 Å². The number of fused-ring (bicyclic) bond motifs is 1. The molecule has 0 N–H and O–H groups in total. The number of carbonyl (C=O) groups is 1. The summed E-state index contributed by atoms with van der Waals surface area (Å²) in [5.74, 6) is -0.973. The quantitative estimate of drug-likeness (QED) is 0.377. The molecule has 3 heterocycles. The molecule has 0 saturated heterocycles. The first-order valence-corrected chi connectivity index (χ1v) is 12.8. The first-order chi connectivity index (χ1) is 17.8. The minimum atomic E-state index is -0.827. The Morgan fingerprint density at radius 3 is 2.46 bits per heavy atom. The molecule has 5 rings (SSSR count). The summed E-state index contributed by atoms with van der Waals surface area (Å²) in [6.07, 6.45) is 1.87. The molecule has 2 aromatic carbocycles. The van der Waals surface area contributed by atoms with Gasteiger partial charge in [-0.15, -0.1) is 0 Å². The molecule has 0 fully saturated rings. The van der Waals surface area contributed by atoms with E-state index in [1.165, 1.54) is 28.0 Å². The zero-order valence-corrected chi connectivity index (χ0v) is 21.8. The lowest BCUT2D eigenvalue weighted by Crippen LogP contribution is -2.40. The number of rotatable bonds is 5. The topological polar surface area (TPSA) is 65.6 Å². The average molecular weight is 516 g/mol. The van der Waals surface area contributed by atoms with E-state index in [1.54, 1.807) is 19.1 Å². The third-order valence-corrected chi connectivity index (χ3v) is 7.64. The summed E-state index contributed by atoms with van der Waals surface area (Å²) in [5.41, 5.74) is 4.78. The Morgan fingerprint density at radius 2 is 1.84 bits per heavy atom. The molecule has 0 aliphatic carbocycles. The van der Waals surface area contributed by atoms with Gasteiger partial charge in [-0.3, -0.25) is 9.36 Å². The molecule has 2 aromatic heterocycles. The summed E-state index contributed by atoms with van der Waals surface area (Å²) < 4.78 is 23.4. The lowest BCUT2D eigenvalue weighted by atomic mass is 9.93. The van der Waals surface area contributed by atoms with Crippen molar-refractivity contribution < 1.29 is 13.9 Å². The highest BCUT2D eigenvalue weighted by Crippen LogP contribution is 2.35. The molecule has 1 atom stereocenters. The Kier molecular flexibility index (Phi) is 6.52. The second kappa shape index (κ2) is 9.78. The van der Waals surface area contributed by atoms with E-state index in [1.807, 2.05) is 63.4 Å². The maximum absolute atomic E-state index is 13.9. The van der Waals surface area contributed by atoms with Crippen molar-refractivity contribution in [3.63, 3.8) is 0 Å². The Morgan fingerprint density at radius 1 is 1.14 bits per heavy atom. The molecule has 1 aliphatic rings. The summed E-state index contributed by atoms with van der Waals surface area (Å²) in [5, 5.41) is 0. The fourth-order valence-electron chi connectivity index (χ4n) is 4.57. The van der Waals surface area contributed by atoms with Gasteiger partial charge in [0, 0.05) is 24.0 Å². The van der Waals surface area contributed by atoms with Crippen LogP contribution in [-0.2, 0) is 16.6 Å². The second-order valence-corrected chi connectivity index (χ2v) is 9.88. The van der Waals surface area contributed by atoms with Crippen LogP contribution in [0.3, 0.4) is 0 Å². The van der Waals surface area contributed by atoms with Crippen LogP contribution in [0.1, 0.15) is 41.0 Å². The minimum Gasteiger partial charge on any atom is -0.463 e. The molecule has 37 heavy (non-hydrogen) atoms. The monoisotopic (exact) mass is 515 g/mol. The van der Waals surface area contributed by atoms with Gasteiger partial charge in [-0.25, -0.2) is 14.2 Å². The van der Waals surface area contributed by atoms with Crippen molar-refractivity contribution in [3.05, 3.63) is 120 Å². The maximum atomic E-state index is 13.9. The van der Waals surface area contributed by atoms with Gasteiger partial charge in [0.05, 0.1) is 28.5 Å². The zero-order chi connectivity index (χ0) is 26.3. The highest BCUT2D eigenvalue weighted by atomic mass is 32.1. The van der Waals surface area contributed by atoms with Crippen molar-refractivity contribution in [2.75, 3.05) is 6.61 Å². The Bertz CT molecular complexity index is 1710. The van der Waals surface area contributed by atoms with E-state index in [0.717, 1.165) is 22.5 Å². The van der Waals surface area contributed by atoms with Crippen LogP contribution < -0.4 is 14.9 Å². The van der Waals surface area contributed by atoms with Crippen LogP contribution in [0.25, 0.3) is 11.8 Å². The fourth-order valence-corrected chi connectivity index (χ4v) is 5.56. The van der Waals surface area contributed by atoms with Gasteiger partial charge in [0.25, 0.3) is 5.56 Å². The van der Waals surface area contributed by atoms with Gasteiger partial charge in [0.15, 0.2) is 4.80 Å². The van der Waals surface area contributed by atoms with E-state index in [-0.39, 0.29) is 17.7 Å². The highest BCUT2D eigenvalue weighted by Gasteiger charge is 2.35. The SMILES string of the molecule is CCOC(=O)C1=C(c2ccccc2)N=c2s/c(=C/c3cc(C)n(C)c3C)c(=O)n2[C@H]1c1ccc(F)cc1. The third kappa shape index (κ3) is 4.38. The van der Waals surface area contributed by atoms with E-state index in [2.05, 4.69) is 4.57 Å². The zero-order valence-electron chi connectivity index (χ0n) is 21.0. The summed E-state index contributed by atoms with van der Waals surface area (Å²) >= 11 is 1.27. The number of ether oxygens (including phenoxy) is 1. The van der Waals surface area contributed by atoms with Gasteiger partial charge in [-0.05, 0) is 56.2 Å². The molecule has 1 aliphatic heterocycles. The lowest BCUT2D eigenvalue weighted by Gasteiger charge is -2.25. The maximum Gasteiger partial charge on any atom is 0.338 e. The van der Waals surface area contributed by atoms with Crippen LogP contribution in [0, 0.1) is 19.7 Å². The predicted molar refractivity (Wildman–Crippen MR) is 142 cm³/mol. The second-order valence-electron chi connectivity index (χ2n) is 8.87. The summed E-state index contributed by atoms with van der Waals surface area (Å²) in [6.45, 7) is 5.91. The van der Waals surface area contributed by atoms with Crippen LogP contribution in [0.2, 0.25) is 0 Å². The molecule has 0 bridgehead atoms. The molecular weight excluding hydrogens is 489 g/mol. The van der Waals surface area contributed by atoms with Crippen molar-refractivity contribution in [1.29, 1.82) is 0 Å². The van der Waals surface area contributed by atoms with Gasteiger partial charge >= 0.3 is 5.97 Å². The highest BCUT2D eigenvalue weighted by molar-refractivity contribution is 7.07. The van der Waals surface area contributed by atoms with Crippen molar-refractivity contribution in [2.24, 2.45) is 12.0 Å². The molecule has 0 unspecified atom stereocenters. The molecule has 4 aromatic rings. The molecule has 0 amide bonds. The first-order valence-electron chi connectivity index (χ1n) is 12.0. The summed E-state index contributed by atoms with van der Waals surface area (Å²) in [7, 11) is 1.98. The molecule has 6 nitrogen and oxygen atoms in total. The average Bonchev–Trinajstić information content (AvgIpc) is 3.34. The van der Waals surface area contributed by atoms with Crippen LogP contribution in [-0.4, -0.2) is 21.7 Å². The van der Waals surface area contributed by atoms with Crippen molar-refractivity contribution in [2.45, 2.75) is 26.8 Å². The van der Waals surface area contributed by atoms with Crippen molar-refractivity contribution in [3.8, 4) is 0 Å². The van der Waals surface area contributed by atoms with Crippen LogP contribution in [0.5, 0.6) is 0 Å². The number of aromatic nitrogens is 2. The summed E-state index contributed by atoms with van der Waals surface area (Å²) in [4.78, 5) is 32.6. The Labute approximate surface area is 217 Å². The Balaban J connectivity index is 1.84. The van der Waals surface area contributed by atoms with Gasteiger partial charge in [-0.2, -0.15) is 0 Å². The number of halogens is 1. The van der Waals surface area contributed by atoms with E-state index in [0.29, 0.717) is 20.6 Å². The van der Waals surface area contributed by atoms with Gasteiger partial charge in [-0.1, -0.05) is 53.8 Å². The molecule has 0 spiro atoms. The standard InChI is InChI=1S/C29H26FN3O3S/c1-5-36-28(35)24-25(19-9-7-6-8-10-19)31-29-33(26(24)20-11-13-22(30)14-12-20)27(34)23(37-29)16-21-15-17(2)32(4)18(21)3/h6-16,26H,5H2,1-4H3/b23-16+/t26-/m0/s1. The van der Waals surface area contributed by atoms with Gasteiger partial charge < -0.3 is 9.30 Å². The molecule has 0 radical (unpaired) electrons. The van der Waals surface area contributed by atoms with E-state index < -0.39 is 17.8 Å². The number of aryl methyl sites for hydroxylation is 1. The first kappa shape index (κ1) is 24.6. The summed E-state index contributed by atoms with van der Waals surface area (Å²) in [6, 6.07) is 16.4. The number of hydrogen-bond acceptors (Lipinski definition) is 5. The third-order valence-electron chi connectivity index (χ3n) is 6.66. The molecule has 0 saturated carbocycles. The number of nitrogens with zero attached hydrogens (tertiary/aromatic N) is 3. The van der Waals surface area contributed by atoms with E-state index >= 15 is 0 Å². The molecule has 8 heteroatoms. The number of hydrogen-bond donors (Lipinski definition) is 0. The number of carbonyl (C=O) groups excluding carboxylic acids is 1. The largest absolute Gasteiger partial charge is 0.463 e. The van der Waals surface area contributed by atoms with E-state index in [9.17, 15) is 14.0 Å². The van der Waals surface area contributed by atoms with Crippen molar-refractivity contribution in [1.82, 2.24) is 9.13 Å². The number of esters is 1. The van der Waals surface area contributed by atoms with Crippen LogP contribution in [0.4, 0.5) is 4.39 Å².